The minimum atomic E-state index is -0.512. The number of hydrogen-bond donors (Lipinski definition) is 2. The van der Waals surface area contributed by atoms with Crippen LogP contribution in [-0.2, 0) is 0 Å². The molecule has 0 bridgehead atoms. The first-order valence-corrected chi connectivity index (χ1v) is 6.39. The average Bonchev–Trinajstić information content (AvgIpc) is 2.32. The van der Waals surface area contributed by atoms with E-state index in [-0.39, 0.29) is 22.5 Å². The highest BCUT2D eigenvalue weighted by atomic mass is 35.5. The maximum Gasteiger partial charge on any atom is 0.253 e. The first kappa shape index (κ1) is 13.3. The molecule has 1 aliphatic carbocycles. The Bertz CT molecular complexity index is 453. The number of nitrogens with one attached hydrogen (secondary N) is 1. The summed E-state index contributed by atoms with van der Waals surface area (Å²) in [7, 11) is 0. The predicted octanol–water partition coefficient (Wildman–Crippen LogP) is 2.51. The molecule has 98 valence electrons. The van der Waals surface area contributed by atoms with Crippen LogP contribution in [0.3, 0.4) is 0 Å². The third-order valence-electron chi connectivity index (χ3n) is 3.22. The van der Waals surface area contributed by atoms with Crippen molar-refractivity contribution in [3.8, 4) is 0 Å². The zero-order chi connectivity index (χ0) is 13.1. The lowest BCUT2D eigenvalue weighted by atomic mass is 9.92. The Hall–Kier alpha value is -1.13. The summed E-state index contributed by atoms with van der Waals surface area (Å²) in [5.74, 6) is -0.847. The third kappa shape index (κ3) is 3.00. The molecular weight excluding hydrogens is 257 g/mol. The second kappa shape index (κ2) is 5.67. The minimum absolute atomic E-state index is 0.0813. The standard InChI is InChI=1S/C13H15ClFNO2/c14-10-7-8(15)5-6-9(10)13(18)16-11-3-1-2-4-12(11)17/h5-7,11-12,17H,1-4H2,(H,16,18). The molecule has 1 aromatic carbocycles. The maximum absolute atomic E-state index is 12.9. The number of rotatable bonds is 2. The second-order valence-corrected chi connectivity index (χ2v) is 4.96. The van der Waals surface area contributed by atoms with E-state index in [9.17, 15) is 14.3 Å². The largest absolute Gasteiger partial charge is 0.391 e. The molecule has 1 aromatic rings. The van der Waals surface area contributed by atoms with E-state index >= 15 is 0 Å². The van der Waals surface area contributed by atoms with Crippen molar-refractivity contribution < 1.29 is 14.3 Å². The molecule has 0 spiro atoms. The van der Waals surface area contributed by atoms with Crippen LogP contribution in [0.4, 0.5) is 4.39 Å². The topological polar surface area (TPSA) is 49.3 Å². The lowest BCUT2D eigenvalue weighted by Gasteiger charge is -2.28. The van der Waals surface area contributed by atoms with Crippen LogP contribution < -0.4 is 5.32 Å². The fraction of sp³-hybridized carbons (Fsp3) is 0.462. The van der Waals surface area contributed by atoms with Gasteiger partial charge in [-0.25, -0.2) is 4.39 Å². The van der Waals surface area contributed by atoms with E-state index in [0.717, 1.165) is 25.3 Å². The Morgan fingerprint density at radius 1 is 1.39 bits per heavy atom. The van der Waals surface area contributed by atoms with E-state index < -0.39 is 11.9 Å². The number of aliphatic hydroxyl groups is 1. The van der Waals surface area contributed by atoms with Gasteiger partial charge in [-0.2, -0.15) is 0 Å². The van der Waals surface area contributed by atoms with Crippen LogP contribution in [0.5, 0.6) is 0 Å². The minimum Gasteiger partial charge on any atom is -0.391 e. The van der Waals surface area contributed by atoms with Crippen molar-refractivity contribution in [2.75, 3.05) is 0 Å². The maximum atomic E-state index is 12.9. The smallest absolute Gasteiger partial charge is 0.253 e. The van der Waals surface area contributed by atoms with Crippen LogP contribution >= 0.6 is 11.6 Å². The molecule has 0 aromatic heterocycles. The molecule has 18 heavy (non-hydrogen) atoms. The van der Waals surface area contributed by atoms with Gasteiger partial charge in [0.25, 0.3) is 5.91 Å². The molecule has 1 fully saturated rings. The van der Waals surface area contributed by atoms with E-state index in [2.05, 4.69) is 5.32 Å². The number of halogens is 2. The first-order valence-electron chi connectivity index (χ1n) is 6.02. The summed E-state index contributed by atoms with van der Waals surface area (Å²) in [6.45, 7) is 0. The Labute approximate surface area is 110 Å². The molecule has 0 aliphatic heterocycles. The Kier molecular flexibility index (Phi) is 4.19. The van der Waals surface area contributed by atoms with Crippen molar-refractivity contribution in [3.63, 3.8) is 0 Å². The number of amides is 1. The molecule has 0 radical (unpaired) electrons. The van der Waals surface area contributed by atoms with Crippen LogP contribution in [0, 0.1) is 5.82 Å². The summed E-state index contributed by atoms with van der Waals surface area (Å²) in [5, 5.41) is 12.6. The van der Waals surface area contributed by atoms with Gasteiger partial charge in [-0.15, -0.1) is 0 Å². The van der Waals surface area contributed by atoms with Gasteiger partial charge >= 0.3 is 0 Å². The van der Waals surface area contributed by atoms with Crippen LogP contribution in [0.2, 0.25) is 5.02 Å². The first-order chi connectivity index (χ1) is 8.58. The van der Waals surface area contributed by atoms with Gasteiger partial charge in [0.05, 0.1) is 22.7 Å². The number of carbonyl (C=O) groups excluding carboxylic acids is 1. The fourth-order valence-corrected chi connectivity index (χ4v) is 2.45. The lowest BCUT2D eigenvalue weighted by molar-refractivity contribution is 0.0717. The fourth-order valence-electron chi connectivity index (χ4n) is 2.20. The van der Waals surface area contributed by atoms with E-state index in [1.54, 1.807) is 0 Å². The number of hydrogen-bond acceptors (Lipinski definition) is 2. The van der Waals surface area contributed by atoms with E-state index in [1.807, 2.05) is 0 Å². The van der Waals surface area contributed by atoms with Crippen molar-refractivity contribution in [2.45, 2.75) is 37.8 Å². The normalized spacial score (nSPS) is 23.7. The Balaban J connectivity index is 2.07. The van der Waals surface area contributed by atoms with Crippen molar-refractivity contribution in [2.24, 2.45) is 0 Å². The van der Waals surface area contributed by atoms with E-state index in [0.29, 0.717) is 6.42 Å². The summed E-state index contributed by atoms with van der Waals surface area (Å²) in [6, 6.07) is 3.40. The Morgan fingerprint density at radius 3 is 2.78 bits per heavy atom. The predicted molar refractivity (Wildman–Crippen MR) is 67.1 cm³/mol. The summed E-state index contributed by atoms with van der Waals surface area (Å²) < 4.78 is 12.9. The van der Waals surface area contributed by atoms with Crippen molar-refractivity contribution in [3.05, 3.63) is 34.6 Å². The summed E-state index contributed by atoms with van der Waals surface area (Å²) in [6.07, 6.45) is 2.90. The summed E-state index contributed by atoms with van der Waals surface area (Å²) in [4.78, 5) is 12.0. The molecule has 3 nitrogen and oxygen atoms in total. The van der Waals surface area contributed by atoms with E-state index in [1.165, 1.54) is 12.1 Å². The number of aliphatic hydroxyl groups excluding tert-OH is 1. The van der Waals surface area contributed by atoms with Gasteiger partial charge < -0.3 is 10.4 Å². The van der Waals surface area contributed by atoms with Gasteiger partial charge in [-0.05, 0) is 31.0 Å². The Morgan fingerprint density at radius 2 is 2.11 bits per heavy atom. The lowest BCUT2D eigenvalue weighted by Crippen LogP contribution is -2.45. The van der Waals surface area contributed by atoms with Crippen molar-refractivity contribution >= 4 is 17.5 Å². The highest BCUT2D eigenvalue weighted by Gasteiger charge is 2.25. The number of benzene rings is 1. The van der Waals surface area contributed by atoms with Gasteiger partial charge in [0.2, 0.25) is 0 Å². The van der Waals surface area contributed by atoms with Gasteiger partial charge in [0.1, 0.15) is 5.82 Å². The average molecular weight is 272 g/mol. The molecule has 0 heterocycles. The molecular formula is C13H15ClFNO2. The van der Waals surface area contributed by atoms with E-state index in [4.69, 9.17) is 11.6 Å². The van der Waals surface area contributed by atoms with Crippen molar-refractivity contribution in [1.29, 1.82) is 0 Å². The van der Waals surface area contributed by atoms with Crippen LogP contribution in [0.25, 0.3) is 0 Å². The molecule has 0 saturated heterocycles. The molecule has 1 aliphatic rings. The second-order valence-electron chi connectivity index (χ2n) is 4.56. The quantitative estimate of drug-likeness (QED) is 0.868. The summed E-state index contributed by atoms with van der Waals surface area (Å²) in [5.41, 5.74) is 0.232. The number of carbonyl (C=O) groups is 1. The van der Waals surface area contributed by atoms with Crippen LogP contribution in [-0.4, -0.2) is 23.2 Å². The zero-order valence-electron chi connectivity index (χ0n) is 9.83. The summed E-state index contributed by atoms with van der Waals surface area (Å²) >= 11 is 5.82. The highest BCUT2D eigenvalue weighted by molar-refractivity contribution is 6.33. The van der Waals surface area contributed by atoms with Crippen molar-refractivity contribution in [1.82, 2.24) is 5.32 Å². The zero-order valence-corrected chi connectivity index (χ0v) is 10.6. The molecule has 2 unspecified atom stereocenters. The molecule has 1 saturated carbocycles. The van der Waals surface area contributed by atoms with Gasteiger partial charge in [-0.1, -0.05) is 24.4 Å². The van der Waals surface area contributed by atoms with Crippen LogP contribution in [0.1, 0.15) is 36.0 Å². The molecule has 5 heteroatoms. The van der Waals surface area contributed by atoms with Gasteiger partial charge in [-0.3, -0.25) is 4.79 Å². The third-order valence-corrected chi connectivity index (χ3v) is 3.53. The molecule has 2 N–H and O–H groups in total. The van der Waals surface area contributed by atoms with Gasteiger partial charge in [0, 0.05) is 0 Å². The highest BCUT2D eigenvalue weighted by Crippen LogP contribution is 2.21. The monoisotopic (exact) mass is 271 g/mol. The molecule has 2 rings (SSSR count). The molecule has 2 atom stereocenters. The van der Waals surface area contributed by atoms with Gasteiger partial charge in [0.15, 0.2) is 0 Å². The SMILES string of the molecule is O=C(NC1CCCCC1O)c1ccc(F)cc1Cl. The molecule has 1 amide bonds. The van der Waals surface area contributed by atoms with Crippen LogP contribution in [0.15, 0.2) is 18.2 Å².